The largest absolute Gasteiger partial charge is 0.274 e. The minimum atomic E-state index is -3.69. The van der Waals surface area contributed by atoms with Crippen LogP contribution in [0.25, 0.3) is 0 Å². The lowest BCUT2D eigenvalue weighted by Gasteiger charge is -2.09. The van der Waals surface area contributed by atoms with E-state index in [0.717, 1.165) is 11.1 Å². The van der Waals surface area contributed by atoms with Gasteiger partial charge in [0.05, 0.1) is 6.54 Å². The molecule has 96 valence electrons. The summed E-state index contributed by atoms with van der Waals surface area (Å²) in [4.78, 5) is 3.85. The highest BCUT2D eigenvalue weighted by atomic mass is 32.2. The first-order chi connectivity index (χ1) is 8.54. The summed E-state index contributed by atoms with van der Waals surface area (Å²) in [5.41, 5.74) is 1.81. The van der Waals surface area contributed by atoms with E-state index in [9.17, 15) is 8.42 Å². The Morgan fingerprint density at radius 2 is 2.00 bits per heavy atom. The fourth-order valence-electron chi connectivity index (χ4n) is 1.55. The van der Waals surface area contributed by atoms with Gasteiger partial charge in [-0.05, 0) is 11.1 Å². The van der Waals surface area contributed by atoms with Gasteiger partial charge in [-0.1, -0.05) is 24.3 Å². The number of nitrogens with two attached hydrogens (primary N) is 1. The molecule has 0 saturated carbocycles. The van der Waals surface area contributed by atoms with Crippen LogP contribution in [-0.2, 0) is 23.3 Å². The molecule has 0 aliphatic rings. The first kappa shape index (κ1) is 12.7. The Kier molecular flexibility index (Phi) is 3.70. The molecule has 8 heteroatoms. The number of aromatic nitrogens is 3. The van der Waals surface area contributed by atoms with Crippen LogP contribution in [0, 0.1) is 0 Å². The van der Waals surface area contributed by atoms with Crippen LogP contribution in [0.2, 0.25) is 0 Å². The summed E-state index contributed by atoms with van der Waals surface area (Å²) < 4.78 is 25.7. The van der Waals surface area contributed by atoms with Gasteiger partial charge in [-0.25, -0.2) is 14.8 Å². The third kappa shape index (κ3) is 3.62. The van der Waals surface area contributed by atoms with Gasteiger partial charge in [0.2, 0.25) is 0 Å². The maximum atomic E-state index is 10.9. The van der Waals surface area contributed by atoms with Crippen LogP contribution in [0.4, 0.5) is 0 Å². The molecule has 3 N–H and O–H groups in total. The van der Waals surface area contributed by atoms with E-state index in [-0.39, 0.29) is 6.54 Å². The molecule has 1 aromatic heterocycles. The second-order valence-corrected chi connectivity index (χ2v) is 5.11. The van der Waals surface area contributed by atoms with Gasteiger partial charge in [0.1, 0.15) is 12.7 Å². The van der Waals surface area contributed by atoms with Crippen molar-refractivity contribution in [2.45, 2.75) is 13.1 Å². The number of rotatable bonds is 5. The van der Waals surface area contributed by atoms with E-state index >= 15 is 0 Å². The Morgan fingerprint density at radius 1 is 1.28 bits per heavy atom. The van der Waals surface area contributed by atoms with Crippen molar-refractivity contribution in [3.8, 4) is 0 Å². The van der Waals surface area contributed by atoms with E-state index in [1.54, 1.807) is 11.0 Å². The Morgan fingerprint density at radius 3 is 2.61 bits per heavy atom. The van der Waals surface area contributed by atoms with Crippen LogP contribution in [0.3, 0.4) is 0 Å². The molecule has 0 aliphatic carbocycles. The fourth-order valence-corrected chi connectivity index (χ4v) is 1.91. The summed E-state index contributed by atoms with van der Waals surface area (Å²) >= 11 is 0. The van der Waals surface area contributed by atoms with Crippen LogP contribution in [-0.4, -0.2) is 23.2 Å². The van der Waals surface area contributed by atoms with Gasteiger partial charge in [-0.15, -0.1) is 0 Å². The lowest BCUT2D eigenvalue weighted by Crippen LogP contribution is -2.30. The van der Waals surface area contributed by atoms with E-state index in [4.69, 9.17) is 5.14 Å². The van der Waals surface area contributed by atoms with Gasteiger partial charge in [-0.2, -0.15) is 18.2 Å². The molecule has 2 rings (SSSR count). The molecule has 0 fully saturated rings. The average molecular weight is 267 g/mol. The van der Waals surface area contributed by atoms with Crippen molar-refractivity contribution in [2.24, 2.45) is 5.14 Å². The molecule has 0 saturated heterocycles. The predicted molar refractivity (Wildman–Crippen MR) is 65.5 cm³/mol. The van der Waals surface area contributed by atoms with Crippen molar-refractivity contribution < 1.29 is 8.42 Å². The standard InChI is InChI=1S/C10H13N5O2S/c11-18(16,17)14-5-9-3-1-2-4-10(9)6-15-8-12-7-13-15/h1-4,7-8,14H,5-6H2,(H2,11,16,17). The van der Waals surface area contributed by atoms with Gasteiger partial charge in [0.15, 0.2) is 0 Å². The molecule has 0 amide bonds. The highest BCUT2D eigenvalue weighted by Gasteiger charge is 2.06. The Balaban J connectivity index is 2.15. The Bertz CT molecular complexity index is 609. The summed E-state index contributed by atoms with van der Waals surface area (Å²) in [6.45, 7) is 0.687. The maximum Gasteiger partial charge on any atom is 0.274 e. The van der Waals surface area contributed by atoms with Gasteiger partial charge >= 0.3 is 0 Å². The zero-order chi connectivity index (χ0) is 13.0. The van der Waals surface area contributed by atoms with Gasteiger partial charge < -0.3 is 0 Å². The topological polar surface area (TPSA) is 103 Å². The molecule has 0 spiro atoms. The van der Waals surface area contributed by atoms with Crippen LogP contribution in [0.1, 0.15) is 11.1 Å². The van der Waals surface area contributed by atoms with Gasteiger partial charge in [0.25, 0.3) is 10.2 Å². The Labute approximate surface area is 105 Å². The predicted octanol–water partition coefficient (Wildman–Crippen LogP) is -0.381. The molecule has 0 bridgehead atoms. The van der Waals surface area contributed by atoms with E-state index in [0.29, 0.717) is 6.54 Å². The van der Waals surface area contributed by atoms with Crippen molar-refractivity contribution >= 4 is 10.2 Å². The molecule has 1 heterocycles. The molecule has 7 nitrogen and oxygen atoms in total. The highest BCUT2D eigenvalue weighted by molar-refractivity contribution is 7.87. The summed E-state index contributed by atoms with van der Waals surface area (Å²) in [6.07, 6.45) is 3.05. The second-order valence-electron chi connectivity index (χ2n) is 3.73. The summed E-state index contributed by atoms with van der Waals surface area (Å²) in [6, 6.07) is 7.46. The van der Waals surface area contributed by atoms with E-state index < -0.39 is 10.2 Å². The first-order valence-electron chi connectivity index (χ1n) is 5.21. The smallest absolute Gasteiger partial charge is 0.249 e. The quantitative estimate of drug-likeness (QED) is 0.770. The van der Waals surface area contributed by atoms with E-state index in [2.05, 4.69) is 14.8 Å². The van der Waals surface area contributed by atoms with Crippen molar-refractivity contribution in [1.82, 2.24) is 19.5 Å². The molecule has 0 unspecified atom stereocenters. The number of nitrogens with one attached hydrogen (secondary N) is 1. The minimum absolute atomic E-state index is 0.156. The zero-order valence-corrected chi connectivity index (χ0v) is 10.3. The van der Waals surface area contributed by atoms with E-state index in [1.807, 2.05) is 24.3 Å². The number of hydrogen-bond acceptors (Lipinski definition) is 4. The Hall–Kier alpha value is -1.77. The molecule has 2 aromatic rings. The molecule has 18 heavy (non-hydrogen) atoms. The van der Waals surface area contributed by atoms with Gasteiger partial charge in [0, 0.05) is 6.54 Å². The monoisotopic (exact) mass is 267 g/mol. The lowest BCUT2D eigenvalue weighted by molar-refractivity contribution is 0.582. The SMILES string of the molecule is NS(=O)(=O)NCc1ccccc1Cn1cncn1. The molecule has 0 atom stereocenters. The molecule has 1 aromatic carbocycles. The first-order valence-corrected chi connectivity index (χ1v) is 6.76. The van der Waals surface area contributed by atoms with Crippen LogP contribution >= 0.6 is 0 Å². The third-order valence-electron chi connectivity index (χ3n) is 2.38. The molecule has 0 radical (unpaired) electrons. The maximum absolute atomic E-state index is 10.9. The minimum Gasteiger partial charge on any atom is -0.249 e. The average Bonchev–Trinajstić information content (AvgIpc) is 2.80. The summed E-state index contributed by atoms with van der Waals surface area (Å²) in [7, 11) is -3.69. The molecule has 0 aliphatic heterocycles. The van der Waals surface area contributed by atoms with Crippen molar-refractivity contribution in [3.05, 3.63) is 48.0 Å². The second kappa shape index (κ2) is 5.25. The third-order valence-corrected chi connectivity index (χ3v) is 2.93. The van der Waals surface area contributed by atoms with Gasteiger partial charge in [-0.3, -0.25) is 0 Å². The summed E-state index contributed by atoms with van der Waals surface area (Å²) in [5, 5.41) is 8.91. The highest BCUT2D eigenvalue weighted by Crippen LogP contribution is 2.10. The number of benzene rings is 1. The molecular weight excluding hydrogens is 254 g/mol. The van der Waals surface area contributed by atoms with E-state index in [1.165, 1.54) is 6.33 Å². The normalized spacial score (nSPS) is 11.6. The van der Waals surface area contributed by atoms with Crippen molar-refractivity contribution in [2.75, 3.05) is 0 Å². The zero-order valence-electron chi connectivity index (χ0n) is 9.52. The summed E-state index contributed by atoms with van der Waals surface area (Å²) in [5.74, 6) is 0. The van der Waals surface area contributed by atoms with Crippen molar-refractivity contribution in [1.29, 1.82) is 0 Å². The fraction of sp³-hybridized carbons (Fsp3) is 0.200. The van der Waals surface area contributed by atoms with Crippen LogP contribution in [0.15, 0.2) is 36.9 Å². The van der Waals surface area contributed by atoms with Crippen LogP contribution in [0.5, 0.6) is 0 Å². The molecular formula is C10H13N5O2S. The number of nitrogens with zero attached hydrogens (tertiary/aromatic N) is 3. The number of hydrogen-bond donors (Lipinski definition) is 2. The van der Waals surface area contributed by atoms with Crippen molar-refractivity contribution in [3.63, 3.8) is 0 Å². The van der Waals surface area contributed by atoms with Crippen LogP contribution < -0.4 is 9.86 Å². The lowest BCUT2D eigenvalue weighted by atomic mass is 10.1.